The van der Waals surface area contributed by atoms with E-state index in [4.69, 9.17) is 14.2 Å². The van der Waals surface area contributed by atoms with E-state index in [1.165, 1.54) is 0 Å². The maximum Gasteiger partial charge on any atom is 0.222 e. The molecular formula is C17H27NO4. The number of hydrogen-bond acceptors (Lipinski definition) is 4. The van der Waals surface area contributed by atoms with Gasteiger partial charge in [-0.25, -0.2) is 0 Å². The fourth-order valence-electron chi connectivity index (χ4n) is 2.22. The number of nitrogens with zero attached hydrogens (tertiary/aromatic N) is 1. The van der Waals surface area contributed by atoms with Crippen molar-refractivity contribution in [2.45, 2.75) is 32.6 Å². The Morgan fingerprint density at radius 1 is 1.09 bits per heavy atom. The highest BCUT2D eigenvalue weighted by Gasteiger charge is 2.14. The molecule has 22 heavy (non-hydrogen) atoms. The zero-order chi connectivity index (χ0) is 16.5. The van der Waals surface area contributed by atoms with Crippen LogP contribution in [0, 0.1) is 0 Å². The Kier molecular flexibility index (Phi) is 7.57. The summed E-state index contributed by atoms with van der Waals surface area (Å²) in [4.78, 5) is 13.7. The van der Waals surface area contributed by atoms with Gasteiger partial charge in [-0.2, -0.15) is 0 Å². The molecular weight excluding hydrogens is 282 g/mol. The van der Waals surface area contributed by atoms with Crippen LogP contribution in [0.25, 0.3) is 0 Å². The highest BCUT2D eigenvalue weighted by Crippen LogP contribution is 2.38. The highest BCUT2D eigenvalue weighted by atomic mass is 16.5. The van der Waals surface area contributed by atoms with Gasteiger partial charge in [0.15, 0.2) is 11.5 Å². The summed E-state index contributed by atoms with van der Waals surface area (Å²) in [5.41, 5.74) is 1.05. The van der Waals surface area contributed by atoms with Gasteiger partial charge in [-0.05, 0) is 30.5 Å². The van der Waals surface area contributed by atoms with Crippen LogP contribution in [0.2, 0.25) is 0 Å². The number of methoxy groups -OCH3 is 3. The van der Waals surface area contributed by atoms with Crippen LogP contribution in [0.4, 0.5) is 0 Å². The topological polar surface area (TPSA) is 48.0 Å². The van der Waals surface area contributed by atoms with E-state index in [1.54, 1.807) is 26.2 Å². The minimum atomic E-state index is 0.189. The maximum absolute atomic E-state index is 11.9. The van der Waals surface area contributed by atoms with E-state index in [0.29, 0.717) is 30.2 Å². The van der Waals surface area contributed by atoms with E-state index in [1.807, 2.05) is 19.2 Å². The standard InChI is InChI=1S/C17H27NO4/c1-6-7-8-16(19)18(2)10-9-13-11-14(20-3)17(22-5)15(12-13)21-4/h11-12H,6-10H2,1-5H3. The van der Waals surface area contributed by atoms with E-state index in [9.17, 15) is 4.79 Å². The summed E-state index contributed by atoms with van der Waals surface area (Å²) in [5, 5.41) is 0. The minimum Gasteiger partial charge on any atom is -0.493 e. The van der Waals surface area contributed by atoms with Gasteiger partial charge in [-0.3, -0.25) is 4.79 Å². The van der Waals surface area contributed by atoms with Crippen molar-refractivity contribution >= 4 is 5.91 Å². The van der Waals surface area contributed by atoms with Gasteiger partial charge < -0.3 is 19.1 Å². The Hall–Kier alpha value is -1.91. The van der Waals surface area contributed by atoms with Crippen LogP contribution >= 0.6 is 0 Å². The molecule has 0 radical (unpaired) electrons. The largest absolute Gasteiger partial charge is 0.493 e. The van der Waals surface area contributed by atoms with Crippen LogP contribution in [0.5, 0.6) is 17.2 Å². The number of carbonyl (C=O) groups is 1. The second kappa shape index (κ2) is 9.18. The summed E-state index contributed by atoms with van der Waals surface area (Å²) in [7, 11) is 6.62. The smallest absolute Gasteiger partial charge is 0.222 e. The molecule has 0 atom stereocenters. The molecule has 0 unspecified atom stereocenters. The Morgan fingerprint density at radius 3 is 2.14 bits per heavy atom. The van der Waals surface area contributed by atoms with Crippen LogP contribution in [0.15, 0.2) is 12.1 Å². The van der Waals surface area contributed by atoms with Crippen molar-refractivity contribution < 1.29 is 19.0 Å². The number of amides is 1. The van der Waals surface area contributed by atoms with Crippen molar-refractivity contribution in [3.05, 3.63) is 17.7 Å². The van der Waals surface area contributed by atoms with Crippen molar-refractivity contribution in [1.82, 2.24) is 4.90 Å². The summed E-state index contributed by atoms with van der Waals surface area (Å²) in [6, 6.07) is 3.84. The molecule has 0 N–H and O–H groups in total. The van der Waals surface area contributed by atoms with Crippen LogP contribution in [-0.4, -0.2) is 45.7 Å². The molecule has 124 valence electrons. The Bertz CT molecular complexity index is 463. The molecule has 0 aliphatic carbocycles. The molecule has 0 aliphatic rings. The summed E-state index contributed by atoms with van der Waals surface area (Å²) in [5.74, 6) is 2.05. The summed E-state index contributed by atoms with van der Waals surface area (Å²) >= 11 is 0. The molecule has 0 aliphatic heterocycles. The fourth-order valence-corrected chi connectivity index (χ4v) is 2.22. The number of rotatable bonds is 9. The van der Waals surface area contributed by atoms with E-state index in [0.717, 1.165) is 24.8 Å². The lowest BCUT2D eigenvalue weighted by Gasteiger charge is -2.18. The average Bonchev–Trinajstić information content (AvgIpc) is 2.55. The first-order valence-electron chi connectivity index (χ1n) is 7.60. The predicted octanol–water partition coefficient (Wildman–Crippen LogP) is 2.90. The molecule has 1 rings (SSSR count). The Labute approximate surface area is 133 Å². The Morgan fingerprint density at radius 2 is 1.68 bits per heavy atom. The lowest BCUT2D eigenvalue weighted by atomic mass is 10.1. The molecule has 5 nitrogen and oxygen atoms in total. The zero-order valence-electron chi connectivity index (χ0n) is 14.3. The van der Waals surface area contributed by atoms with Crippen molar-refractivity contribution in [3.8, 4) is 17.2 Å². The van der Waals surface area contributed by atoms with Gasteiger partial charge in [0.05, 0.1) is 21.3 Å². The molecule has 1 amide bonds. The van der Waals surface area contributed by atoms with Crippen molar-refractivity contribution in [2.75, 3.05) is 34.9 Å². The lowest BCUT2D eigenvalue weighted by Crippen LogP contribution is -2.28. The second-order valence-corrected chi connectivity index (χ2v) is 5.20. The summed E-state index contributed by atoms with van der Waals surface area (Å²) < 4.78 is 16.0. The third-order valence-corrected chi connectivity index (χ3v) is 3.63. The first-order chi connectivity index (χ1) is 10.6. The number of hydrogen-bond donors (Lipinski definition) is 0. The van der Waals surface area contributed by atoms with Gasteiger partial charge in [0.1, 0.15) is 0 Å². The Balaban J connectivity index is 2.75. The normalized spacial score (nSPS) is 10.2. The summed E-state index contributed by atoms with van der Waals surface area (Å²) in [6.07, 6.45) is 3.33. The summed E-state index contributed by atoms with van der Waals surface area (Å²) in [6.45, 7) is 2.75. The molecule has 5 heteroatoms. The molecule has 1 aromatic rings. The van der Waals surface area contributed by atoms with E-state index in [2.05, 4.69) is 6.92 Å². The number of ether oxygens (including phenoxy) is 3. The van der Waals surface area contributed by atoms with E-state index >= 15 is 0 Å². The monoisotopic (exact) mass is 309 g/mol. The second-order valence-electron chi connectivity index (χ2n) is 5.20. The predicted molar refractivity (Wildman–Crippen MR) is 87.0 cm³/mol. The molecule has 0 saturated carbocycles. The first kappa shape index (κ1) is 18.1. The number of unbranched alkanes of at least 4 members (excludes halogenated alkanes) is 1. The number of benzene rings is 1. The van der Waals surface area contributed by atoms with Gasteiger partial charge in [-0.1, -0.05) is 13.3 Å². The molecule has 0 spiro atoms. The molecule has 0 bridgehead atoms. The molecule has 0 fully saturated rings. The SMILES string of the molecule is CCCCC(=O)N(C)CCc1cc(OC)c(OC)c(OC)c1. The zero-order valence-corrected chi connectivity index (χ0v) is 14.3. The van der Waals surface area contributed by atoms with Gasteiger partial charge in [0, 0.05) is 20.0 Å². The van der Waals surface area contributed by atoms with Crippen LogP contribution < -0.4 is 14.2 Å². The van der Waals surface area contributed by atoms with Gasteiger partial charge in [0.2, 0.25) is 11.7 Å². The van der Waals surface area contributed by atoms with Crippen LogP contribution in [0.3, 0.4) is 0 Å². The fraction of sp³-hybridized carbons (Fsp3) is 0.588. The minimum absolute atomic E-state index is 0.189. The molecule has 0 heterocycles. The van der Waals surface area contributed by atoms with E-state index < -0.39 is 0 Å². The molecule has 1 aromatic carbocycles. The van der Waals surface area contributed by atoms with Crippen molar-refractivity contribution in [1.29, 1.82) is 0 Å². The number of carbonyl (C=O) groups excluding carboxylic acids is 1. The first-order valence-corrected chi connectivity index (χ1v) is 7.60. The van der Waals surface area contributed by atoms with Crippen LogP contribution in [-0.2, 0) is 11.2 Å². The third-order valence-electron chi connectivity index (χ3n) is 3.63. The van der Waals surface area contributed by atoms with Crippen molar-refractivity contribution in [3.63, 3.8) is 0 Å². The third kappa shape index (κ3) is 4.83. The number of likely N-dealkylation sites (N-methyl/N-ethyl adjacent to an activating group) is 1. The highest BCUT2D eigenvalue weighted by molar-refractivity contribution is 5.75. The van der Waals surface area contributed by atoms with Gasteiger partial charge in [-0.15, -0.1) is 0 Å². The van der Waals surface area contributed by atoms with E-state index in [-0.39, 0.29) is 5.91 Å². The van der Waals surface area contributed by atoms with Gasteiger partial charge in [0.25, 0.3) is 0 Å². The average molecular weight is 309 g/mol. The molecule has 0 aromatic heterocycles. The van der Waals surface area contributed by atoms with Gasteiger partial charge >= 0.3 is 0 Å². The maximum atomic E-state index is 11.9. The molecule has 0 saturated heterocycles. The lowest BCUT2D eigenvalue weighted by molar-refractivity contribution is -0.129. The quantitative estimate of drug-likeness (QED) is 0.704. The van der Waals surface area contributed by atoms with Crippen molar-refractivity contribution in [2.24, 2.45) is 0 Å². The van der Waals surface area contributed by atoms with Crippen LogP contribution in [0.1, 0.15) is 31.7 Å².